The summed E-state index contributed by atoms with van der Waals surface area (Å²) in [6, 6.07) is 16.2. The highest BCUT2D eigenvalue weighted by Gasteiger charge is 2.15. The normalized spacial score (nSPS) is 10.6. The largest absolute Gasteiger partial charge is 0.444 e. The first-order valence-corrected chi connectivity index (χ1v) is 6.58. The highest BCUT2D eigenvalue weighted by Crippen LogP contribution is 2.28. The van der Waals surface area contributed by atoms with Gasteiger partial charge in [0.15, 0.2) is 6.10 Å². The van der Waals surface area contributed by atoms with Gasteiger partial charge in [-0.25, -0.2) is 0 Å². The molecule has 0 radical (unpaired) electrons. The Hall–Kier alpha value is -3.22. The predicted octanol–water partition coefficient (Wildman–Crippen LogP) is 4.28. The van der Waals surface area contributed by atoms with E-state index in [1.807, 2.05) is 30.3 Å². The molecule has 0 aliphatic heterocycles. The standard InChI is InChI=1S/C17H13N3O2/c1-13(21)22-17(12-11-14-7-3-2-4-8-14)15-9-5-6-10-16(15)19-20-18/h2-10,17H,1H3. The molecule has 0 spiro atoms. The average molecular weight is 291 g/mol. The highest BCUT2D eigenvalue weighted by atomic mass is 16.5. The molecule has 1 unspecified atom stereocenters. The van der Waals surface area contributed by atoms with E-state index in [0.717, 1.165) is 5.56 Å². The SMILES string of the molecule is CC(=O)OC(C#Cc1ccccc1)c1ccccc1N=[N+]=[N-]. The van der Waals surface area contributed by atoms with E-state index in [-0.39, 0.29) is 0 Å². The van der Waals surface area contributed by atoms with Crippen molar-refractivity contribution < 1.29 is 9.53 Å². The van der Waals surface area contributed by atoms with E-state index in [4.69, 9.17) is 10.3 Å². The summed E-state index contributed by atoms with van der Waals surface area (Å²) < 4.78 is 5.25. The summed E-state index contributed by atoms with van der Waals surface area (Å²) in [6.45, 7) is 1.31. The quantitative estimate of drug-likeness (QED) is 0.278. The number of hydrogen-bond donors (Lipinski definition) is 0. The second kappa shape index (κ2) is 7.53. The highest BCUT2D eigenvalue weighted by molar-refractivity contribution is 5.67. The number of benzene rings is 2. The van der Waals surface area contributed by atoms with Gasteiger partial charge in [-0.15, -0.1) is 0 Å². The fraction of sp³-hybridized carbons (Fsp3) is 0.118. The molecule has 0 aliphatic carbocycles. The van der Waals surface area contributed by atoms with Gasteiger partial charge in [-0.3, -0.25) is 4.79 Å². The van der Waals surface area contributed by atoms with E-state index in [9.17, 15) is 4.79 Å². The molecule has 1 atom stereocenters. The van der Waals surface area contributed by atoms with Crippen LogP contribution in [0.3, 0.4) is 0 Å². The Balaban J connectivity index is 2.41. The van der Waals surface area contributed by atoms with E-state index in [1.165, 1.54) is 6.92 Å². The van der Waals surface area contributed by atoms with Gasteiger partial charge < -0.3 is 4.74 Å². The molecule has 0 amide bonds. The van der Waals surface area contributed by atoms with Crippen LogP contribution in [0.5, 0.6) is 0 Å². The number of carbonyl (C=O) groups is 1. The van der Waals surface area contributed by atoms with Crippen molar-refractivity contribution in [3.05, 3.63) is 76.2 Å². The molecule has 22 heavy (non-hydrogen) atoms. The molecule has 0 fully saturated rings. The molecule has 0 heterocycles. The van der Waals surface area contributed by atoms with Crippen LogP contribution in [0.25, 0.3) is 10.4 Å². The maximum Gasteiger partial charge on any atom is 0.304 e. The number of nitrogens with zero attached hydrogens (tertiary/aromatic N) is 3. The van der Waals surface area contributed by atoms with Gasteiger partial charge in [0.25, 0.3) is 0 Å². The number of azide groups is 1. The third kappa shape index (κ3) is 4.14. The molecule has 108 valence electrons. The lowest BCUT2D eigenvalue weighted by Crippen LogP contribution is -2.07. The van der Waals surface area contributed by atoms with Crippen LogP contribution in [0.15, 0.2) is 59.7 Å². The Morgan fingerprint density at radius 3 is 2.55 bits per heavy atom. The summed E-state index contributed by atoms with van der Waals surface area (Å²) >= 11 is 0. The van der Waals surface area contributed by atoms with Gasteiger partial charge in [-0.05, 0) is 23.6 Å². The number of rotatable bonds is 3. The van der Waals surface area contributed by atoms with Crippen molar-refractivity contribution in [1.29, 1.82) is 0 Å². The van der Waals surface area contributed by atoms with E-state index >= 15 is 0 Å². The Labute approximate surface area is 128 Å². The van der Waals surface area contributed by atoms with Crippen LogP contribution in [-0.2, 0) is 9.53 Å². The Morgan fingerprint density at radius 2 is 1.86 bits per heavy atom. The van der Waals surface area contributed by atoms with Crippen molar-refractivity contribution in [1.82, 2.24) is 0 Å². The summed E-state index contributed by atoms with van der Waals surface area (Å²) in [5, 5.41) is 3.61. The van der Waals surface area contributed by atoms with Crippen molar-refractivity contribution >= 4 is 11.7 Å². The minimum absolute atomic E-state index is 0.388. The van der Waals surface area contributed by atoms with Crippen molar-refractivity contribution in [3.63, 3.8) is 0 Å². The third-order valence-corrected chi connectivity index (χ3v) is 2.78. The molecule has 5 nitrogen and oxygen atoms in total. The molecule has 2 aromatic rings. The second-order valence-corrected chi connectivity index (χ2v) is 4.37. The molecule has 2 rings (SSSR count). The first-order chi connectivity index (χ1) is 10.7. The molecule has 0 aromatic heterocycles. The van der Waals surface area contributed by atoms with Gasteiger partial charge in [0, 0.05) is 28.6 Å². The van der Waals surface area contributed by atoms with Gasteiger partial charge >= 0.3 is 5.97 Å². The number of hydrogen-bond acceptors (Lipinski definition) is 3. The predicted molar refractivity (Wildman–Crippen MR) is 83.1 cm³/mol. The topological polar surface area (TPSA) is 75.1 Å². The van der Waals surface area contributed by atoms with E-state index in [0.29, 0.717) is 11.3 Å². The minimum atomic E-state index is -0.792. The van der Waals surface area contributed by atoms with Crippen LogP contribution >= 0.6 is 0 Å². The van der Waals surface area contributed by atoms with Gasteiger partial charge in [0.1, 0.15) is 0 Å². The zero-order valence-corrected chi connectivity index (χ0v) is 11.9. The fourth-order valence-electron chi connectivity index (χ4n) is 1.86. The van der Waals surface area contributed by atoms with Gasteiger partial charge in [0.2, 0.25) is 0 Å². The van der Waals surface area contributed by atoms with Gasteiger partial charge in [0.05, 0.1) is 0 Å². The minimum Gasteiger partial charge on any atom is -0.444 e. The molecule has 0 N–H and O–H groups in total. The first-order valence-electron chi connectivity index (χ1n) is 6.58. The molecular formula is C17H13N3O2. The number of ether oxygens (including phenoxy) is 1. The Bertz CT molecular complexity index is 769. The average Bonchev–Trinajstić information content (AvgIpc) is 2.53. The molecule has 0 saturated carbocycles. The van der Waals surface area contributed by atoms with E-state index in [2.05, 4.69) is 21.9 Å². The Morgan fingerprint density at radius 1 is 1.18 bits per heavy atom. The summed E-state index contributed by atoms with van der Waals surface area (Å²) in [6.07, 6.45) is -0.792. The zero-order chi connectivity index (χ0) is 15.8. The van der Waals surface area contributed by atoms with Gasteiger partial charge in [-0.2, -0.15) is 0 Å². The van der Waals surface area contributed by atoms with Crippen molar-refractivity contribution in [3.8, 4) is 11.8 Å². The summed E-state index contributed by atoms with van der Waals surface area (Å²) in [4.78, 5) is 14.1. The van der Waals surface area contributed by atoms with Crippen LogP contribution in [0, 0.1) is 11.8 Å². The van der Waals surface area contributed by atoms with Crippen LogP contribution in [-0.4, -0.2) is 5.97 Å². The van der Waals surface area contributed by atoms with Crippen LogP contribution in [0.4, 0.5) is 5.69 Å². The lowest BCUT2D eigenvalue weighted by molar-refractivity contribution is -0.144. The smallest absolute Gasteiger partial charge is 0.304 e. The molecule has 0 bridgehead atoms. The number of carbonyl (C=O) groups excluding carboxylic acids is 1. The fourth-order valence-corrected chi connectivity index (χ4v) is 1.86. The first kappa shape index (κ1) is 15.2. The summed E-state index contributed by atoms with van der Waals surface area (Å²) in [5.74, 6) is 5.41. The monoisotopic (exact) mass is 291 g/mol. The maximum absolute atomic E-state index is 11.3. The summed E-state index contributed by atoms with van der Waals surface area (Å²) in [5.41, 5.74) is 10.4. The van der Waals surface area contributed by atoms with Crippen molar-refractivity contribution in [2.45, 2.75) is 13.0 Å². The van der Waals surface area contributed by atoms with E-state index < -0.39 is 12.1 Å². The molecule has 5 heteroatoms. The Kier molecular flexibility index (Phi) is 5.20. The zero-order valence-electron chi connectivity index (χ0n) is 11.9. The van der Waals surface area contributed by atoms with Crippen molar-refractivity contribution in [2.24, 2.45) is 5.11 Å². The lowest BCUT2D eigenvalue weighted by atomic mass is 10.1. The van der Waals surface area contributed by atoms with Gasteiger partial charge in [-0.1, -0.05) is 53.5 Å². The van der Waals surface area contributed by atoms with Crippen LogP contribution in [0.1, 0.15) is 24.2 Å². The summed E-state index contributed by atoms with van der Waals surface area (Å²) in [7, 11) is 0. The second-order valence-electron chi connectivity index (χ2n) is 4.37. The maximum atomic E-state index is 11.3. The molecule has 0 aliphatic rings. The van der Waals surface area contributed by atoms with Crippen LogP contribution < -0.4 is 0 Å². The molecule has 0 saturated heterocycles. The number of esters is 1. The molecule has 2 aromatic carbocycles. The lowest BCUT2D eigenvalue weighted by Gasteiger charge is -2.13. The van der Waals surface area contributed by atoms with Crippen molar-refractivity contribution in [2.75, 3.05) is 0 Å². The van der Waals surface area contributed by atoms with E-state index in [1.54, 1.807) is 24.3 Å². The van der Waals surface area contributed by atoms with Crippen LogP contribution in [0.2, 0.25) is 0 Å². The third-order valence-electron chi connectivity index (χ3n) is 2.78. The molecular weight excluding hydrogens is 278 g/mol.